The zero-order valence-electron chi connectivity index (χ0n) is 15.2. The van der Waals surface area contributed by atoms with Crippen LogP contribution in [-0.4, -0.2) is 10.5 Å². The van der Waals surface area contributed by atoms with E-state index in [0.29, 0.717) is 21.9 Å². The second kappa shape index (κ2) is 8.63. The summed E-state index contributed by atoms with van der Waals surface area (Å²) in [6.07, 6.45) is 1.90. The van der Waals surface area contributed by atoms with Gasteiger partial charge < -0.3 is 4.57 Å². The average Bonchev–Trinajstić information content (AvgIpc) is 3.00. The van der Waals surface area contributed by atoms with Gasteiger partial charge in [-0.05, 0) is 55.3 Å². The maximum absolute atomic E-state index is 13.1. The third-order valence-electron chi connectivity index (χ3n) is 4.18. The Labute approximate surface area is 166 Å². The van der Waals surface area contributed by atoms with Crippen LogP contribution in [0.15, 0.2) is 53.5 Å². The number of nitrogens with zero attached hydrogens (tertiary/aromatic N) is 2. The van der Waals surface area contributed by atoms with E-state index in [0.717, 1.165) is 24.1 Å². The summed E-state index contributed by atoms with van der Waals surface area (Å²) >= 11 is 7.56. The molecule has 0 atom stereocenters. The molecule has 27 heavy (non-hydrogen) atoms. The van der Waals surface area contributed by atoms with E-state index in [4.69, 9.17) is 11.6 Å². The van der Waals surface area contributed by atoms with Gasteiger partial charge in [-0.1, -0.05) is 37.1 Å². The SMILES string of the molecule is CCCc1sc(=NC(=O)c2ccc(F)cc2)n(CC)c1-c1ccc(Cl)cc1. The molecule has 0 saturated heterocycles. The zero-order chi connectivity index (χ0) is 19.4. The highest BCUT2D eigenvalue weighted by Gasteiger charge is 2.15. The standard InChI is InChI=1S/C21H20ClFN2OS/c1-3-5-18-19(14-6-10-16(22)11-7-14)25(4-2)21(27-18)24-20(26)15-8-12-17(23)13-9-15/h6-13H,3-5H2,1-2H3. The van der Waals surface area contributed by atoms with Crippen molar-refractivity contribution in [3.63, 3.8) is 0 Å². The second-order valence-corrected chi connectivity index (χ2v) is 7.58. The number of carbonyl (C=O) groups is 1. The highest BCUT2D eigenvalue weighted by molar-refractivity contribution is 7.09. The molecule has 0 N–H and O–H groups in total. The largest absolute Gasteiger partial charge is 0.316 e. The first kappa shape index (κ1) is 19.5. The fraction of sp³-hybridized carbons (Fsp3) is 0.238. The Morgan fingerprint density at radius 3 is 2.37 bits per heavy atom. The molecule has 6 heteroatoms. The minimum absolute atomic E-state index is 0.371. The van der Waals surface area contributed by atoms with E-state index in [-0.39, 0.29) is 11.7 Å². The van der Waals surface area contributed by atoms with Crippen molar-refractivity contribution in [1.82, 2.24) is 4.57 Å². The highest BCUT2D eigenvalue weighted by Crippen LogP contribution is 2.28. The molecule has 0 fully saturated rings. The summed E-state index contributed by atoms with van der Waals surface area (Å²) in [5.41, 5.74) is 2.50. The number of hydrogen-bond donors (Lipinski definition) is 0. The van der Waals surface area contributed by atoms with Crippen LogP contribution in [0.4, 0.5) is 4.39 Å². The molecule has 1 heterocycles. The molecule has 0 spiro atoms. The Bertz CT molecular complexity index is 1000. The second-order valence-electron chi connectivity index (χ2n) is 6.08. The predicted octanol–water partition coefficient (Wildman–Crippen LogP) is 5.72. The van der Waals surface area contributed by atoms with Crippen molar-refractivity contribution in [2.24, 2.45) is 4.99 Å². The molecule has 0 bridgehead atoms. The van der Waals surface area contributed by atoms with E-state index in [1.54, 1.807) is 0 Å². The van der Waals surface area contributed by atoms with Crippen molar-refractivity contribution < 1.29 is 9.18 Å². The monoisotopic (exact) mass is 402 g/mol. The van der Waals surface area contributed by atoms with Gasteiger partial charge in [-0.3, -0.25) is 4.79 Å². The third-order valence-corrected chi connectivity index (χ3v) is 5.57. The van der Waals surface area contributed by atoms with Gasteiger partial charge in [0.25, 0.3) is 5.91 Å². The molecule has 0 aliphatic rings. The van der Waals surface area contributed by atoms with Gasteiger partial charge in [-0.15, -0.1) is 11.3 Å². The molecular weight excluding hydrogens is 383 g/mol. The van der Waals surface area contributed by atoms with Crippen LogP contribution in [0.1, 0.15) is 35.5 Å². The van der Waals surface area contributed by atoms with E-state index in [1.807, 2.05) is 31.2 Å². The Kier molecular flexibility index (Phi) is 6.24. The molecule has 0 unspecified atom stereocenters. The van der Waals surface area contributed by atoms with E-state index >= 15 is 0 Å². The third kappa shape index (κ3) is 4.37. The molecule has 140 valence electrons. The minimum atomic E-state index is -0.374. The molecule has 2 aromatic carbocycles. The van der Waals surface area contributed by atoms with Crippen LogP contribution in [0.5, 0.6) is 0 Å². The van der Waals surface area contributed by atoms with Crippen LogP contribution >= 0.6 is 22.9 Å². The van der Waals surface area contributed by atoms with Gasteiger partial charge >= 0.3 is 0 Å². The van der Waals surface area contributed by atoms with Crippen molar-refractivity contribution in [3.8, 4) is 11.3 Å². The summed E-state index contributed by atoms with van der Waals surface area (Å²) in [5.74, 6) is -0.745. The topological polar surface area (TPSA) is 34.4 Å². The molecule has 3 nitrogen and oxygen atoms in total. The maximum Gasteiger partial charge on any atom is 0.279 e. The van der Waals surface area contributed by atoms with Crippen molar-refractivity contribution in [2.75, 3.05) is 0 Å². The minimum Gasteiger partial charge on any atom is -0.316 e. The van der Waals surface area contributed by atoms with Crippen molar-refractivity contribution >= 4 is 28.8 Å². The van der Waals surface area contributed by atoms with Gasteiger partial charge in [0.1, 0.15) is 5.82 Å². The number of rotatable bonds is 5. The first-order valence-corrected chi connectivity index (χ1v) is 10.1. The highest BCUT2D eigenvalue weighted by atomic mass is 35.5. The fourth-order valence-corrected chi connectivity index (χ4v) is 4.34. The molecule has 1 amide bonds. The van der Waals surface area contributed by atoms with Crippen LogP contribution in [-0.2, 0) is 13.0 Å². The first-order chi connectivity index (χ1) is 13.0. The molecule has 3 aromatic rings. The Balaban J connectivity index is 2.13. The molecule has 0 radical (unpaired) electrons. The fourth-order valence-electron chi connectivity index (χ4n) is 2.90. The van der Waals surface area contributed by atoms with Gasteiger partial charge in [0, 0.05) is 22.0 Å². The average molecular weight is 403 g/mol. The molecule has 1 aromatic heterocycles. The van der Waals surface area contributed by atoms with E-state index < -0.39 is 0 Å². The zero-order valence-corrected chi connectivity index (χ0v) is 16.8. The van der Waals surface area contributed by atoms with Gasteiger partial charge in [0.15, 0.2) is 4.80 Å². The smallest absolute Gasteiger partial charge is 0.279 e. The lowest BCUT2D eigenvalue weighted by atomic mass is 10.1. The summed E-state index contributed by atoms with van der Waals surface area (Å²) in [4.78, 5) is 18.7. The summed E-state index contributed by atoms with van der Waals surface area (Å²) in [5, 5.41) is 0.686. The van der Waals surface area contributed by atoms with E-state index in [9.17, 15) is 9.18 Å². The lowest BCUT2D eigenvalue weighted by Gasteiger charge is -2.09. The first-order valence-electron chi connectivity index (χ1n) is 8.86. The van der Waals surface area contributed by atoms with Gasteiger partial charge in [-0.25, -0.2) is 4.39 Å². The Hall–Kier alpha value is -2.24. The number of thiazole rings is 1. The molecule has 0 saturated carbocycles. The number of benzene rings is 2. The van der Waals surface area contributed by atoms with Crippen LogP contribution in [0.25, 0.3) is 11.3 Å². The molecule has 0 aliphatic heterocycles. The summed E-state index contributed by atoms with van der Waals surface area (Å²) in [6.45, 7) is 4.85. The predicted molar refractivity (Wildman–Crippen MR) is 109 cm³/mol. The normalized spacial score (nSPS) is 11.8. The number of hydrogen-bond acceptors (Lipinski definition) is 2. The lowest BCUT2D eigenvalue weighted by Crippen LogP contribution is -2.17. The number of amides is 1. The molecule has 3 rings (SSSR count). The van der Waals surface area contributed by atoms with Crippen molar-refractivity contribution in [2.45, 2.75) is 33.2 Å². The Morgan fingerprint density at radius 1 is 1.11 bits per heavy atom. The van der Waals surface area contributed by atoms with Crippen LogP contribution in [0.3, 0.4) is 0 Å². The lowest BCUT2D eigenvalue weighted by molar-refractivity contribution is 0.0998. The number of carbonyl (C=O) groups excluding carboxylic acids is 1. The van der Waals surface area contributed by atoms with Gasteiger partial charge in [0.2, 0.25) is 0 Å². The van der Waals surface area contributed by atoms with E-state index in [1.165, 1.54) is 40.5 Å². The van der Waals surface area contributed by atoms with Crippen LogP contribution in [0.2, 0.25) is 5.02 Å². The number of aromatic nitrogens is 1. The summed E-state index contributed by atoms with van der Waals surface area (Å²) < 4.78 is 15.2. The van der Waals surface area contributed by atoms with Crippen LogP contribution < -0.4 is 4.80 Å². The van der Waals surface area contributed by atoms with Gasteiger partial charge in [0.05, 0.1) is 5.69 Å². The molecule has 0 aliphatic carbocycles. The number of aryl methyl sites for hydroxylation is 1. The molecular formula is C21H20ClFN2OS. The summed E-state index contributed by atoms with van der Waals surface area (Å²) in [6, 6.07) is 13.2. The van der Waals surface area contributed by atoms with Crippen LogP contribution in [0, 0.1) is 5.82 Å². The Morgan fingerprint density at radius 2 is 1.78 bits per heavy atom. The quantitative estimate of drug-likeness (QED) is 0.537. The van der Waals surface area contributed by atoms with Crippen molar-refractivity contribution in [1.29, 1.82) is 0 Å². The van der Waals surface area contributed by atoms with Crippen molar-refractivity contribution in [3.05, 3.63) is 74.6 Å². The van der Waals surface area contributed by atoms with E-state index in [2.05, 4.69) is 16.5 Å². The summed E-state index contributed by atoms with van der Waals surface area (Å²) in [7, 11) is 0. The maximum atomic E-state index is 13.1. The van der Waals surface area contributed by atoms with Gasteiger partial charge in [-0.2, -0.15) is 4.99 Å². The number of halogens is 2.